The van der Waals surface area contributed by atoms with Crippen molar-refractivity contribution in [2.45, 2.75) is 18.9 Å². The molecule has 3 rings (SSSR count). The van der Waals surface area contributed by atoms with E-state index in [1.807, 2.05) is 30.3 Å². The van der Waals surface area contributed by atoms with Crippen molar-refractivity contribution in [1.29, 1.82) is 0 Å². The van der Waals surface area contributed by atoms with Crippen molar-refractivity contribution in [3.63, 3.8) is 0 Å². The van der Waals surface area contributed by atoms with E-state index in [1.54, 1.807) is 29.2 Å². The molecule has 158 valence electrons. The summed E-state index contributed by atoms with van der Waals surface area (Å²) in [6.07, 6.45) is 1.36. The SMILES string of the molecule is COC(=O)[C@@H](NC(=O)[C@@H]1CCCN(C(=O)Nc2ccccc2)C1)c1ccc(Br)cc1. The highest BCUT2D eigenvalue weighted by Gasteiger charge is 2.32. The zero-order chi connectivity index (χ0) is 21.5. The first kappa shape index (κ1) is 21.8. The maximum Gasteiger partial charge on any atom is 0.333 e. The molecular weight excluding hydrogens is 450 g/mol. The minimum Gasteiger partial charge on any atom is -0.467 e. The average Bonchev–Trinajstić information content (AvgIpc) is 2.78. The van der Waals surface area contributed by atoms with Gasteiger partial charge in [-0.1, -0.05) is 46.3 Å². The molecule has 8 heteroatoms. The number of rotatable bonds is 5. The van der Waals surface area contributed by atoms with Crippen LogP contribution in [-0.2, 0) is 14.3 Å². The van der Waals surface area contributed by atoms with E-state index in [2.05, 4.69) is 26.6 Å². The summed E-state index contributed by atoms with van der Waals surface area (Å²) in [4.78, 5) is 39.4. The number of urea groups is 1. The van der Waals surface area contributed by atoms with E-state index in [4.69, 9.17) is 4.74 Å². The maximum absolute atomic E-state index is 12.9. The number of anilines is 1. The third-order valence-electron chi connectivity index (χ3n) is 5.03. The number of halogens is 1. The van der Waals surface area contributed by atoms with Crippen molar-refractivity contribution in [2.24, 2.45) is 5.92 Å². The summed E-state index contributed by atoms with van der Waals surface area (Å²) in [6, 6.07) is 15.2. The van der Waals surface area contributed by atoms with Gasteiger partial charge in [0.15, 0.2) is 6.04 Å². The van der Waals surface area contributed by atoms with E-state index >= 15 is 0 Å². The molecule has 1 fully saturated rings. The van der Waals surface area contributed by atoms with Crippen molar-refractivity contribution in [3.8, 4) is 0 Å². The first-order valence-electron chi connectivity index (χ1n) is 9.72. The Hall–Kier alpha value is -2.87. The lowest BCUT2D eigenvalue weighted by Gasteiger charge is -2.32. The van der Waals surface area contributed by atoms with Crippen molar-refractivity contribution >= 4 is 39.5 Å². The number of nitrogens with zero attached hydrogens (tertiary/aromatic N) is 1. The van der Waals surface area contributed by atoms with Crippen LogP contribution in [0.2, 0.25) is 0 Å². The molecular formula is C22H24BrN3O4. The first-order valence-corrected chi connectivity index (χ1v) is 10.5. The van der Waals surface area contributed by atoms with Crippen LogP contribution in [0.4, 0.5) is 10.5 Å². The minimum atomic E-state index is -0.899. The normalized spacial score (nSPS) is 17.0. The number of para-hydroxylation sites is 1. The molecule has 1 aliphatic heterocycles. The van der Waals surface area contributed by atoms with E-state index < -0.39 is 17.9 Å². The molecule has 2 atom stereocenters. The van der Waals surface area contributed by atoms with Crippen LogP contribution in [0.1, 0.15) is 24.4 Å². The fourth-order valence-corrected chi connectivity index (χ4v) is 3.68. The highest BCUT2D eigenvalue weighted by molar-refractivity contribution is 9.10. The van der Waals surface area contributed by atoms with Crippen LogP contribution in [0.3, 0.4) is 0 Å². The Labute approximate surface area is 183 Å². The van der Waals surface area contributed by atoms with Crippen molar-refractivity contribution in [2.75, 3.05) is 25.5 Å². The van der Waals surface area contributed by atoms with Crippen molar-refractivity contribution in [1.82, 2.24) is 10.2 Å². The van der Waals surface area contributed by atoms with Crippen LogP contribution in [-0.4, -0.2) is 43.0 Å². The number of methoxy groups -OCH3 is 1. The van der Waals surface area contributed by atoms with Gasteiger partial charge in [-0.15, -0.1) is 0 Å². The van der Waals surface area contributed by atoms with E-state index in [1.165, 1.54) is 7.11 Å². The van der Waals surface area contributed by atoms with Gasteiger partial charge in [-0.05, 0) is 42.7 Å². The van der Waals surface area contributed by atoms with Gasteiger partial charge in [0.2, 0.25) is 5.91 Å². The molecule has 1 heterocycles. The molecule has 0 radical (unpaired) electrons. The number of hydrogen-bond acceptors (Lipinski definition) is 4. The molecule has 0 saturated carbocycles. The molecule has 7 nitrogen and oxygen atoms in total. The Bertz CT molecular complexity index is 889. The Kier molecular flexibility index (Phi) is 7.46. The molecule has 30 heavy (non-hydrogen) atoms. The number of carbonyl (C=O) groups excluding carboxylic acids is 3. The van der Waals surface area contributed by atoms with Gasteiger partial charge in [-0.2, -0.15) is 0 Å². The number of hydrogen-bond donors (Lipinski definition) is 2. The second kappa shape index (κ2) is 10.2. The smallest absolute Gasteiger partial charge is 0.333 e. The van der Waals surface area contributed by atoms with E-state index in [0.717, 1.165) is 4.47 Å². The molecule has 0 spiro atoms. The van der Waals surface area contributed by atoms with Crippen molar-refractivity contribution < 1.29 is 19.1 Å². The van der Waals surface area contributed by atoms with Crippen LogP contribution in [0.5, 0.6) is 0 Å². The summed E-state index contributed by atoms with van der Waals surface area (Å²) in [5.41, 5.74) is 1.34. The van der Waals surface area contributed by atoms with E-state index in [0.29, 0.717) is 37.2 Å². The summed E-state index contributed by atoms with van der Waals surface area (Å²) in [5.74, 6) is -1.21. The van der Waals surface area contributed by atoms with Crippen LogP contribution in [0.25, 0.3) is 0 Å². The standard InChI is InChI=1S/C22H24BrN3O4/c1-30-21(28)19(15-9-11-17(23)12-10-15)25-20(27)16-6-5-13-26(14-16)22(29)24-18-7-3-2-4-8-18/h2-4,7-12,16,19H,5-6,13-14H2,1H3,(H,24,29)(H,25,27)/t16-,19+/m1/s1. The fourth-order valence-electron chi connectivity index (χ4n) is 3.41. The maximum atomic E-state index is 12.9. The van der Waals surface area contributed by atoms with Crippen LogP contribution < -0.4 is 10.6 Å². The Morgan fingerprint density at radius 1 is 1.10 bits per heavy atom. The van der Waals surface area contributed by atoms with Gasteiger partial charge in [0, 0.05) is 23.2 Å². The number of nitrogens with one attached hydrogen (secondary N) is 2. The molecule has 2 aromatic rings. The molecule has 1 aliphatic rings. The van der Waals surface area contributed by atoms with E-state index in [-0.39, 0.29) is 11.9 Å². The highest BCUT2D eigenvalue weighted by Crippen LogP contribution is 2.22. The molecule has 3 amide bonds. The minimum absolute atomic E-state index is 0.240. The monoisotopic (exact) mass is 473 g/mol. The quantitative estimate of drug-likeness (QED) is 0.647. The van der Waals surface area contributed by atoms with Crippen LogP contribution in [0.15, 0.2) is 59.1 Å². The zero-order valence-corrected chi connectivity index (χ0v) is 18.2. The molecule has 2 N–H and O–H groups in total. The summed E-state index contributed by atoms with van der Waals surface area (Å²) in [7, 11) is 1.29. The highest BCUT2D eigenvalue weighted by atomic mass is 79.9. The number of carbonyl (C=O) groups is 3. The van der Waals surface area contributed by atoms with Crippen LogP contribution >= 0.6 is 15.9 Å². The fraction of sp³-hybridized carbons (Fsp3) is 0.318. The zero-order valence-electron chi connectivity index (χ0n) is 16.6. The van der Waals surface area contributed by atoms with Gasteiger partial charge >= 0.3 is 12.0 Å². The lowest BCUT2D eigenvalue weighted by Crippen LogP contribution is -2.48. The Balaban J connectivity index is 1.65. The van der Waals surface area contributed by atoms with Gasteiger partial charge in [-0.3, -0.25) is 4.79 Å². The third-order valence-corrected chi connectivity index (χ3v) is 5.56. The lowest BCUT2D eigenvalue weighted by atomic mass is 9.96. The summed E-state index contributed by atoms with van der Waals surface area (Å²) < 4.78 is 5.74. The van der Waals surface area contributed by atoms with Gasteiger partial charge in [-0.25, -0.2) is 9.59 Å². The molecule has 1 saturated heterocycles. The third kappa shape index (κ3) is 5.60. The van der Waals surface area contributed by atoms with E-state index in [9.17, 15) is 14.4 Å². The van der Waals surface area contributed by atoms with Gasteiger partial charge in [0.1, 0.15) is 0 Å². The predicted octanol–water partition coefficient (Wildman–Crippen LogP) is 3.72. The lowest BCUT2D eigenvalue weighted by molar-refractivity contribution is -0.146. The second-order valence-electron chi connectivity index (χ2n) is 7.10. The van der Waals surface area contributed by atoms with Gasteiger partial charge < -0.3 is 20.3 Å². The van der Waals surface area contributed by atoms with Gasteiger partial charge in [0.05, 0.1) is 13.0 Å². The molecule has 0 bridgehead atoms. The molecule has 0 unspecified atom stereocenters. The van der Waals surface area contributed by atoms with Crippen molar-refractivity contribution in [3.05, 3.63) is 64.6 Å². The summed E-state index contributed by atoms with van der Waals surface area (Å²) in [5, 5.41) is 5.64. The van der Waals surface area contributed by atoms with Crippen LogP contribution in [0, 0.1) is 5.92 Å². The average molecular weight is 474 g/mol. The number of piperidine rings is 1. The number of likely N-dealkylation sites (tertiary alicyclic amines) is 1. The Morgan fingerprint density at radius 3 is 2.47 bits per heavy atom. The number of ether oxygens (including phenoxy) is 1. The predicted molar refractivity (Wildman–Crippen MR) is 117 cm³/mol. The van der Waals surface area contributed by atoms with Gasteiger partial charge in [0.25, 0.3) is 0 Å². The topological polar surface area (TPSA) is 87.7 Å². The first-order chi connectivity index (χ1) is 14.5. The second-order valence-corrected chi connectivity index (χ2v) is 8.01. The number of amides is 3. The largest absolute Gasteiger partial charge is 0.467 e. The molecule has 2 aromatic carbocycles. The summed E-state index contributed by atoms with van der Waals surface area (Å²) in [6.45, 7) is 0.869. The summed E-state index contributed by atoms with van der Waals surface area (Å²) >= 11 is 3.36. The number of esters is 1. The Morgan fingerprint density at radius 2 is 1.80 bits per heavy atom. The molecule has 0 aromatic heterocycles. The number of benzene rings is 2. The molecule has 0 aliphatic carbocycles.